The minimum Gasteiger partial charge on any atom is -0.493 e. The van der Waals surface area contributed by atoms with Crippen LogP contribution in [0.3, 0.4) is 0 Å². The molecule has 0 unspecified atom stereocenters. The van der Waals surface area contributed by atoms with Gasteiger partial charge in [-0.05, 0) is 42.8 Å². The molecular formula is C27H32N4O5. The minimum absolute atomic E-state index is 0.0625. The number of morpholine rings is 1. The van der Waals surface area contributed by atoms with Gasteiger partial charge in [0.15, 0.2) is 11.5 Å². The van der Waals surface area contributed by atoms with Crippen molar-refractivity contribution in [3.63, 3.8) is 0 Å². The maximum absolute atomic E-state index is 11.6. The van der Waals surface area contributed by atoms with Gasteiger partial charge in [-0.15, -0.1) is 0 Å². The summed E-state index contributed by atoms with van der Waals surface area (Å²) >= 11 is 0. The van der Waals surface area contributed by atoms with Gasteiger partial charge in [-0.3, -0.25) is 14.7 Å². The van der Waals surface area contributed by atoms with E-state index in [0.29, 0.717) is 43.6 Å². The number of hydrogen-bond donors (Lipinski definition) is 1. The third-order valence-corrected chi connectivity index (χ3v) is 6.52. The van der Waals surface area contributed by atoms with Crippen LogP contribution in [0.5, 0.6) is 17.4 Å². The summed E-state index contributed by atoms with van der Waals surface area (Å²) in [5.74, 6) is 2.07. The zero-order chi connectivity index (χ0) is 24.7. The van der Waals surface area contributed by atoms with Gasteiger partial charge in [0.25, 0.3) is 0 Å². The van der Waals surface area contributed by atoms with Crippen molar-refractivity contribution in [3.05, 3.63) is 42.6 Å². The highest BCUT2D eigenvalue weighted by Crippen LogP contribution is 2.34. The lowest BCUT2D eigenvalue weighted by Crippen LogP contribution is -2.37. The van der Waals surface area contributed by atoms with Crippen LogP contribution in [0.25, 0.3) is 22.2 Å². The molecule has 1 N–H and O–H groups in total. The predicted octanol–water partition coefficient (Wildman–Crippen LogP) is 2.92. The molecule has 0 aliphatic carbocycles. The van der Waals surface area contributed by atoms with Crippen LogP contribution >= 0.6 is 0 Å². The van der Waals surface area contributed by atoms with Gasteiger partial charge in [0.05, 0.1) is 50.1 Å². The van der Waals surface area contributed by atoms with Crippen molar-refractivity contribution >= 4 is 16.8 Å². The Morgan fingerprint density at radius 2 is 2.03 bits per heavy atom. The third-order valence-electron chi connectivity index (χ3n) is 6.52. The summed E-state index contributed by atoms with van der Waals surface area (Å²) in [6.45, 7) is 6.14. The fourth-order valence-corrected chi connectivity index (χ4v) is 4.53. The molecule has 0 radical (unpaired) electrons. The topological polar surface area (TPSA) is 95.0 Å². The fourth-order valence-electron chi connectivity index (χ4n) is 4.53. The SMILES string of the molecule is COc1ccc(-c2cc3ncccc3c(OC[C@H]3CNC(=O)C3)n2)cc1OCCCN1CCOCC1. The Hall–Kier alpha value is -3.43. The molecule has 9 heteroatoms. The average molecular weight is 493 g/mol. The molecule has 1 amide bonds. The lowest BCUT2D eigenvalue weighted by Gasteiger charge is -2.26. The van der Waals surface area contributed by atoms with E-state index in [0.717, 1.165) is 61.4 Å². The summed E-state index contributed by atoms with van der Waals surface area (Å²) in [7, 11) is 1.64. The monoisotopic (exact) mass is 492 g/mol. The second-order valence-corrected chi connectivity index (χ2v) is 9.09. The van der Waals surface area contributed by atoms with E-state index in [1.165, 1.54) is 0 Å². The molecule has 2 aliphatic rings. The highest BCUT2D eigenvalue weighted by atomic mass is 16.5. The number of rotatable bonds is 10. The zero-order valence-electron chi connectivity index (χ0n) is 20.6. The van der Waals surface area contributed by atoms with E-state index in [2.05, 4.69) is 15.2 Å². The van der Waals surface area contributed by atoms with E-state index in [-0.39, 0.29) is 11.8 Å². The first kappa shape index (κ1) is 24.3. The number of aromatic nitrogens is 2. The lowest BCUT2D eigenvalue weighted by molar-refractivity contribution is -0.119. The Balaban J connectivity index is 1.33. The van der Waals surface area contributed by atoms with Crippen molar-refractivity contribution in [1.82, 2.24) is 20.2 Å². The first-order chi connectivity index (χ1) is 17.7. The molecule has 3 aromatic rings. The highest BCUT2D eigenvalue weighted by molar-refractivity contribution is 5.87. The number of benzene rings is 1. The fraction of sp³-hybridized carbons (Fsp3) is 0.444. The molecule has 0 saturated carbocycles. The summed E-state index contributed by atoms with van der Waals surface area (Å²) < 4.78 is 23.2. The molecule has 2 saturated heterocycles. The van der Waals surface area contributed by atoms with Crippen molar-refractivity contribution in [2.24, 2.45) is 5.92 Å². The molecule has 0 spiro atoms. The number of methoxy groups -OCH3 is 1. The number of hydrogen-bond acceptors (Lipinski definition) is 8. The molecule has 190 valence electrons. The third kappa shape index (κ3) is 5.85. The number of ether oxygens (including phenoxy) is 4. The minimum atomic E-state index is 0.0625. The number of carbonyl (C=O) groups is 1. The van der Waals surface area contributed by atoms with Crippen LogP contribution in [-0.4, -0.2) is 80.5 Å². The van der Waals surface area contributed by atoms with Gasteiger partial charge in [-0.1, -0.05) is 0 Å². The number of pyridine rings is 2. The van der Waals surface area contributed by atoms with Crippen LogP contribution in [0.4, 0.5) is 0 Å². The van der Waals surface area contributed by atoms with E-state index in [4.69, 9.17) is 23.9 Å². The predicted molar refractivity (Wildman–Crippen MR) is 136 cm³/mol. The average Bonchev–Trinajstić information content (AvgIpc) is 3.35. The van der Waals surface area contributed by atoms with Crippen LogP contribution in [-0.2, 0) is 9.53 Å². The van der Waals surface area contributed by atoms with Crippen LogP contribution in [0.2, 0.25) is 0 Å². The number of nitrogens with one attached hydrogen (secondary N) is 1. The molecule has 4 heterocycles. The van der Waals surface area contributed by atoms with Crippen molar-refractivity contribution < 1.29 is 23.7 Å². The van der Waals surface area contributed by atoms with Crippen LogP contribution in [0.15, 0.2) is 42.6 Å². The maximum atomic E-state index is 11.6. The molecule has 5 rings (SSSR count). The summed E-state index contributed by atoms with van der Waals surface area (Å²) in [5, 5.41) is 3.69. The van der Waals surface area contributed by atoms with Crippen molar-refractivity contribution in [2.75, 3.05) is 59.7 Å². The van der Waals surface area contributed by atoms with E-state index >= 15 is 0 Å². The summed E-state index contributed by atoms with van der Waals surface area (Å²) in [5.41, 5.74) is 2.41. The zero-order valence-corrected chi connectivity index (χ0v) is 20.6. The smallest absolute Gasteiger partial charge is 0.223 e. The highest BCUT2D eigenvalue weighted by Gasteiger charge is 2.23. The molecule has 1 atom stereocenters. The standard InChI is InChI=1S/C27H32N4O5/c1-33-24-6-5-20(15-25(24)35-11-3-8-31-9-12-34-13-10-31)22-16-23-21(4-2-7-28-23)27(30-22)36-18-19-14-26(32)29-17-19/h2,4-7,15-16,19H,3,8-14,17-18H2,1H3,(H,29,32)/t19-/m1/s1. The van der Waals surface area contributed by atoms with Crippen LogP contribution < -0.4 is 19.5 Å². The summed E-state index contributed by atoms with van der Waals surface area (Å²) in [4.78, 5) is 23.3. The van der Waals surface area contributed by atoms with Gasteiger partial charge in [-0.2, -0.15) is 0 Å². The molecular weight excluding hydrogens is 460 g/mol. The summed E-state index contributed by atoms with van der Waals surface area (Å²) in [6.07, 6.45) is 3.15. The van der Waals surface area contributed by atoms with Gasteiger partial charge in [-0.25, -0.2) is 4.98 Å². The van der Waals surface area contributed by atoms with Crippen LogP contribution in [0, 0.1) is 5.92 Å². The number of fused-ring (bicyclic) bond motifs is 1. The van der Waals surface area contributed by atoms with Gasteiger partial charge < -0.3 is 24.3 Å². The number of amides is 1. The molecule has 9 nitrogen and oxygen atoms in total. The van der Waals surface area contributed by atoms with E-state index in [1.54, 1.807) is 13.3 Å². The molecule has 2 fully saturated rings. The summed E-state index contributed by atoms with van der Waals surface area (Å²) in [6, 6.07) is 11.6. The van der Waals surface area contributed by atoms with E-state index in [9.17, 15) is 4.79 Å². The normalized spacial score (nSPS) is 18.2. The van der Waals surface area contributed by atoms with Crippen molar-refractivity contribution in [3.8, 4) is 28.6 Å². The Kier molecular flexibility index (Phi) is 7.78. The van der Waals surface area contributed by atoms with Crippen molar-refractivity contribution in [1.29, 1.82) is 0 Å². The van der Waals surface area contributed by atoms with Gasteiger partial charge in [0.2, 0.25) is 11.8 Å². The Morgan fingerprint density at radius 1 is 1.14 bits per heavy atom. The molecule has 2 aliphatic heterocycles. The first-order valence-electron chi connectivity index (χ1n) is 12.5. The quantitative estimate of drug-likeness (QED) is 0.432. The Morgan fingerprint density at radius 3 is 2.83 bits per heavy atom. The molecule has 36 heavy (non-hydrogen) atoms. The van der Waals surface area contributed by atoms with E-state index in [1.807, 2.05) is 36.4 Å². The lowest BCUT2D eigenvalue weighted by atomic mass is 10.1. The van der Waals surface area contributed by atoms with Crippen molar-refractivity contribution in [2.45, 2.75) is 12.8 Å². The maximum Gasteiger partial charge on any atom is 0.223 e. The number of nitrogens with zero attached hydrogens (tertiary/aromatic N) is 3. The second-order valence-electron chi connectivity index (χ2n) is 9.09. The van der Waals surface area contributed by atoms with Crippen LogP contribution in [0.1, 0.15) is 12.8 Å². The second kappa shape index (κ2) is 11.5. The van der Waals surface area contributed by atoms with Gasteiger partial charge >= 0.3 is 0 Å². The molecule has 1 aromatic carbocycles. The molecule has 0 bridgehead atoms. The Bertz CT molecular complexity index is 1200. The largest absolute Gasteiger partial charge is 0.493 e. The Labute approximate surface area is 210 Å². The number of carbonyl (C=O) groups excluding carboxylic acids is 1. The molecule has 2 aromatic heterocycles. The first-order valence-corrected chi connectivity index (χ1v) is 12.5. The van der Waals surface area contributed by atoms with Gasteiger partial charge in [0.1, 0.15) is 0 Å². The van der Waals surface area contributed by atoms with E-state index < -0.39 is 0 Å². The van der Waals surface area contributed by atoms with Gasteiger partial charge in [0, 0.05) is 50.3 Å².